The second-order valence-corrected chi connectivity index (χ2v) is 3.37. The van der Waals surface area contributed by atoms with Crippen LogP contribution in [0.25, 0.3) is 0 Å². The van der Waals surface area contributed by atoms with Gasteiger partial charge < -0.3 is 15.3 Å². The van der Waals surface area contributed by atoms with Crippen LogP contribution in [0.2, 0.25) is 0 Å². The number of aliphatic hydroxyl groups is 1. The SMILES string of the molecule is CCN(CC)C(=O)CCNCC(C)O. The van der Waals surface area contributed by atoms with Gasteiger partial charge in [0.25, 0.3) is 0 Å². The van der Waals surface area contributed by atoms with Crippen LogP contribution >= 0.6 is 0 Å². The van der Waals surface area contributed by atoms with E-state index in [4.69, 9.17) is 5.11 Å². The fourth-order valence-electron chi connectivity index (χ4n) is 1.24. The number of hydrogen-bond acceptors (Lipinski definition) is 3. The van der Waals surface area contributed by atoms with Crippen molar-refractivity contribution < 1.29 is 9.90 Å². The fourth-order valence-corrected chi connectivity index (χ4v) is 1.24. The number of amides is 1. The molecule has 1 unspecified atom stereocenters. The number of aliphatic hydroxyl groups excluding tert-OH is 1. The molecule has 84 valence electrons. The summed E-state index contributed by atoms with van der Waals surface area (Å²) in [4.78, 5) is 13.3. The van der Waals surface area contributed by atoms with Crippen molar-refractivity contribution in [3.8, 4) is 0 Å². The summed E-state index contributed by atoms with van der Waals surface area (Å²) in [6.45, 7) is 8.40. The molecule has 4 nitrogen and oxygen atoms in total. The van der Waals surface area contributed by atoms with Gasteiger partial charge in [0.05, 0.1) is 6.10 Å². The van der Waals surface area contributed by atoms with Crippen molar-refractivity contribution >= 4 is 5.91 Å². The van der Waals surface area contributed by atoms with E-state index in [0.717, 1.165) is 13.1 Å². The summed E-state index contributed by atoms with van der Waals surface area (Å²) in [6, 6.07) is 0. The van der Waals surface area contributed by atoms with E-state index in [1.54, 1.807) is 6.92 Å². The third-order valence-corrected chi connectivity index (χ3v) is 2.07. The molecule has 1 amide bonds. The van der Waals surface area contributed by atoms with Crippen LogP contribution < -0.4 is 5.32 Å². The summed E-state index contributed by atoms with van der Waals surface area (Å²) < 4.78 is 0. The first-order valence-electron chi connectivity index (χ1n) is 5.28. The van der Waals surface area contributed by atoms with E-state index in [1.165, 1.54) is 0 Å². The van der Waals surface area contributed by atoms with Gasteiger partial charge in [-0.25, -0.2) is 0 Å². The fraction of sp³-hybridized carbons (Fsp3) is 0.900. The van der Waals surface area contributed by atoms with E-state index >= 15 is 0 Å². The lowest BCUT2D eigenvalue weighted by Gasteiger charge is -2.18. The molecule has 14 heavy (non-hydrogen) atoms. The average Bonchev–Trinajstić information content (AvgIpc) is 2.14. The molecular weight excluding hydrogens is 180 g/mol. The lowest BCUT2D eigenvalue weighted by atomic mass is 10.3. The number of rotatable bonds is 7. The van der Waals surface area contributed by atoms with Crippen molar-refractivity contribution in [2.24, 2.45) is 0 Å². The van der Waals surface area contributed by atoms with Gasteiger partial charge in [-0.3, -0.25) is 4.79 Å². The minimum Gasteiger partial charge on any atom is -0.392 e. The van der Waals surface area contributed by atoms with Gasteiger partial charge in [-0.1, -0.05) is 0 Å². The first-order valence-corrected chi connectivity index (χ1v) is 5.28. The molecule has 0 aliphatic rings. The highest BCUT2D eigenvalue weighted by molar-refractivity contribution is 5.76. The van der Waals surface area contributed by atoms with E-state index in [1.807, 2.05) is 18.7 Å². The molecule has 0 saturated heterocycles. The highest BCUT2D eigenvalue weighted by Crippen LogP contribution is 1.92. The maximum absolute atomic E-state index is 11.5. The van der Waals surface area contributed by atoms with E-state index < -0.39 is 0 Å². The van der Waals surface area contributed by atoms with Gasteiger partial charge >= 0.3 is 0 Å². The summed E-state index contributed by atoms with van der Waals surface area (Å²) in [5.74, 6) is 0.174. The largest absolute Gasteiger partial charge is 0.392 e. The smallest absolute Gasteiger partial charge is 0.223 e. The van der Waals surface area contributed by atoms with Crippen molar-refractivity contribution in [1.82, 2.24) is 10.2 Å². The summed E-state index contributed by atoms with van der Waals surface area (Å²) >= 11 is 0. The number of carbonyl (C=O) groups excluding carboxylic acids is 1. The molecule has 0 fully saturated rings. The first-order chi connectivity index (χ1) is 6.61. The molecule has 0 spiro atoms. The van der Waals surface area contributed by atoms with E-state index in [-0.39, 0.29) is 12.0 Å². The minimum atomic E-state index is -0.349. The Morgan fingerprint density at radius 3 is 2.43 bits per heavy atom. The average molecular weight is 202 g/mol. The standard InChI is InChI=1S/C10H22N2O2/c1-4-12(5-2)10(14)6-7-11-8-9(3)13/h9,11,13H,4-8H2,1-3H3. The van der Waals surface area contributed by atoms with Crippen LogP contribution in [0.4, 0.5) is 0 Å². The van der Waals surface area contributed by atoms with Gasteiger partial charge in [0.2, 0.25) is 5.91 Å². The summed E-state index contributed by atoms with van der Waals surface area (Å²) in [6.07, 6.45) is 0.160. The monoisotopic (exact) mass is 202 g/mol. The van der Waals surface area contributed by atoms with Crippen LogP contribution in [-0.2, 0) is 4.79 Å². The molecule has 0 aromatic heterocycles. The van der Waals surface area contributed by atoms with Crippen molar-refractivity contribution in [2.75, 3.05) is 26.2 Å². The molecule has 0 heterocycles. The van der Waals surface area contributed by atoms with Gasteiger partial charge in [0.1, 0.15) is 0 Å². The number of carbonyl (C=O) groups is 1. The zero-order valence-corrected chi connectivity index (χ0v) is 9.42. The molecule has 0 bridgehead atoms. The molecule has 0 radical (unpaired) electrons. The Kier molecular flexibility index (Phi) is 7.42. The quantitative estimate of drug-likeness (QED) is 0.580. The highest BCUT2D eigenvalue weighted by Gasteiger charge is 2.08. The summed E-state index contributed by atoms with van der Waals surface area (Å²) in [7, 11) is 0. The van der Waals surface area contributed by atoms with Gasteiger partial charge in [0, 0.05) is 32.6 Å². The topological polar surface area (TPSA) is 52.6 Å². The molecule has 0 aliphatic heterocycles. The van der Waals surface area contributed by atoms with Crippen molar-refractivity contribution in [1.29, 1.82) is 0 Å². The Labute approximate surface area is 86.3 Å². The Morgan fingerprint density at radius 2 is 2.00 bits per heavy atom. The predicted octanol–water partition coefficient (Wildman–Crippen LogP) is 0.215. The minimum absolute atomic E-state index is 0.174. The molecule has 4 heteroatoms. The molecule has 0 saturated carbocycles. The van der Waals surface area contributed by atoms with Crippen molar-refractivity contribution in [3.63, 3.8) is 0 Å². The van der Waals surface area contributed by atoms with E-state index in [9.17, 15) is 4.79 Å². The number of hydrogen-bond donors (Lipinski definition) is 2. The van der Waals surface area contributed by atoms with Gasteiger partial charge in [-0.15, -0.1) is 0 Å². The predicted molar refractivity (Wildman–Crippen MR) is 57.1 cm³/mol. The van der Waals surface area contributed by atoms with E-state index in [0.29, 0.717) is 19.5 Å². The van der Waals surface area contributed by atoms with Gasteiger partial charge in [0.15, 0.2) is 0 Å². The van der Waals surface area contributed by atoms with Gasteiger partial charge in [-0.2, -0.15) is 0 Å². The summed E-state index contributed by atoms with van der Waals surface area (Å²) in [5.41, 5.74) is 0. The van der Waals surface area contributed by atoms with Crippen LogP contribution in [0.3, 0.4) is 0 Å². The molecule has 0 aromatic rings. The Bertz CT molecular complexity index is 156. The number of nitrogens with one attached hydrogen (secondary N) is 1. The van der Waals surface area contributed by atoms with Crippen LogP contribution in [0, 0.1) is 0 Å². The lowest BCUT2D eigenvalue weighted by Crippen LogP contribution is -2.34. The molecule has 0 aliphatic carbocycles. The zero-order chi connectivity index (χ0) is 11.0. The van der Waals surface area contributed by atoms with Crippen LogP contribution in [0.5, 0.6) is 0 Å². The molecular formula is C10H22N2O2. The molecule has 2 N–H and O–H groups in total. The Hall–Kier alpha value is -0.610. The lowest BCUT2D eigenvalue weighted by molar-refractivity contribution is -0.130. The van der Waals surface area contributed by atoms with Gasteiger partial charge in [-0.05, 0) is 20.8 Å². The first kappa shape index (κ1) is 13.4. The Morgan fingerprint density at radius 1 is 1.43 bits per heavy atom. The van der Waals surface area contributed by atoms with Crippen molar-refractivity contribution in [3.05, 3.63) is 0 Å². The van der Waals surface area contributed by atoms with E-state index in [2.05, 4.69) is 5.32 Å². The third kappa shape index (κ3) is 5.94. The molecule has 0 rings (SSSR count). The zero-order valence-electron chi connectivity index (χ0n) is 9.42. The van der Waals surface area contributed by atoms with Crippen LogP contribution in [-0.4, -0.2) is 48.2 Å². The molecule has 1 atom stereocenters. The Balaban J connectivity index is 3.52. The summed E-state index contributed by atoms with van der Waals surface area (Å²) in [5, 5.41) is 12.0. The third-order valence-electron chi connectivity index (χ3n) is 2.07. The highest BCUT2D eigenvalue weighted by atomic mass is 16.3. The normalized spacial score (nSPS) is 12.6. The second kappa shape index (κ2) is 7.76. The van der Waals surface area contributed by atoms with Crippen molar-refractivity contribution in [2.45, 2.75) is 33.3 Å². The maximum Gasteiger partial charge on any atom is 0.223 e. The molecule has 0 aromatic carbocycles. The maximum atomic E-state index is 11.5. The number of nitrogens with zero attached hydrogens (tertiary/aromatic N) is 1. The second-order valence-electron chi connectivity index (χ2n) is 3.37. The van der Waals surface area contributed by atoms with Crippen LogP contribution in [0.1, 0.15) is 27.2 Å². The van der Waals surface area contributed by atoms with Crippen LogP contribution in [0.15, 0.2) is 0 Å².